The van der Waals surface area contributed by atoms with Crippen LogP contribution in [-0.2, 0) is 9.53 Å². The molecule has 0 radical (unpaired) electrons. The Balaban J connectivity index is 2.77. The van der Waals surface area contributed by atoms with Gasteiger partial charge >= 0.3 is 5.97 Å². The van der Waals surface area contributed by atoms with Crippen molar-refractivity contribution in [2.75, 3.05) is 20.7 Å². The highest BCUT2D eigenvalue weighted by molar-refractivity contribution is 6.35. The van der Waals surface area contributed by atoms with E-state index >= 15 is 0 Å². The molecule has 0 aliphatic carbocycles. The number of nitrogens with zero attached hydrogens (tertiary/aromatic N) is 2. The van der Waals surface area contributed by atoms with E-state index in [0.717, 1.165) is 0 Å². The number of methoxy groups -OCH3 is 1. The van der Waals surface area contributed by atoms with E-state index < -0.39 is 10.8 Å². The van der Waals surface area contributed by atoms with E-state index in [9.17, 15) is 19.7 Å². The van der Waals surface area contributed by atoms with Gasteiger partial charge < -0.3 is 9.64 Å². The summed E-state index contributed by atoms with van der Waals surface area (Å²) in [6, 6.07) is 4.06. The van der Waals surface area contributed by atoms with Gasteiger partial charge in [-0.05, 0) is 12.5 Å². The fourth-order valence-corrected chi connectivity index (χ4v) is 1.97. The number of ether oxygens (including phenoxy) is 1. The van der Waals surface area contributed by atoms with Gasteiger partial charge in [-0.2, -0.15) is 0 Å². The first-order chi connectivity index (χ1) is 9.88. The van der Waals surface area contributed by atoms with Crippen molar-refractivity contribution in [3.05, 3.63) is 38.9 Å². The van der Waals surface area contributed by atoms with Gasteiger partial charge in [0.1, 0.15) is 5.02 Å². The number of carbonyl (C=O) groups is 2. The summed E-state index contributed by atoms with van der Waals surface area (Å²) in [5.41, 5.74) is -0.253. The molecule has 0 fully saturated rings. The Morgan fingerprint density at radius 1 is 1.43 bits per heavy atom. The fraction of sp³-hybridized carbons (Fsp3) is 0.385. The fourth-order valence-electron chi connectivity index (χ4n) is 1.70. The Labute approximate surface area is 126 Å². The number of rotatable bonds is 6. The number of hydrogen-bond acceptors (Lipinski definition) is 5. The van der Waals surface area contributed by atoms with Crippen molar-refractivity contribution in [3.8, 4) is 0 Å². The van der Waals surface area contributed by atoms with Crippen LogP contribution >= 0.6 is 11.6 Å². The molecule has 0 N–H and O–H groups in total. The van der Waals surface area contributed by atoms with Gasteiger partial charge in [-0.15, -0.1) is 0 Å². The first-order valence-corrected chi connectivity index (χ1v) is 6.51. The Kier molecular flexibility index (Phi) is 6.10. The predicted octanol–water partition coefficient (Wildman–Crippen LogP) is 2.27. The lowest BCUT2D eigenvalue weighted by molar-refractivity contribution is -0.384. The van der Waals surface area contributed by atoms with Gasteiger partial charge in [0.15, 0.2) is 0 Å². The molecule has 0 heterocycles. The molecule has 0 unspecified atom stereocenters. The molecular weight excluding hydrogens is 300 g/mol. The zero-order valence-electron chi connectivity index (χ0n) is 11.7. The molecule has 0 aliphatic rings. The molecule has 0 saturated carbocycles. The van der Waals surface area contributed by atoms with E-state index in [0.29, 0.717) is 13.0 Å². The number of hydrogen-bond donors (Lipinski definition) is 0. The van der Waals surface area contributed by atoms with Crippen LogP contribution in [-0.4, -0.2) is 42.4 Å². The van der Waals surface area contributed by atoms with Crippen molar-refractivity contribution < 1.29 is 19.2 Å². The predicted molar refractivity (Wildman–Crippen MR) is 76.3 cm³/mol. The second-order valence-corrected chi connectivity index (χ2v) is 4.68. The Hall–Kier alpha value is -2.15. The number of nitro groups is 1. The summed E-state index contributed by atoms with van der Waals surface area (Å²) in [5.74, 6) is -0.794. The third-order valence-electron chi connectivity index (χ3n) is 2.85. The molecule has 0 bridgehead atoms. The third-order valence-corrected chi connectivity index (χ3v) is 3.25. The maximum absolute atomic E-state index is 12.2. The lowest BCUT2D eigenvalue weighted by Gasteiger charge is -2.17. The maximum atomic E-state index is 12.2. The smallest absolute Gasteiger partial charge is 0.305 e. The molecule has 0 spiro atoms. The van der Waals surface area contributed by atoms with E-state index in [2.05, 4.69) is 4.74 Å². The van der Waals surface area contributed by atoms with E-state index in [1.165, 1.54) is 37.3 Å². The van der Waals surface area contributed by atoms with Crippen LogP contribution in [0.4, 0.5) is 5.69 Å². The van der Waals surface area contributed by atoms with Crippen molar-refractivity contribution in [3.63, 3.8) is 0 Å². The molecule has 21 heavy (non-hydrogen) atoms. The second-order valence-electron chi connectivity index (χ2n) is 4.30. The monoisotopic (exact) mass is 314 g/mol. The molecule has 1 aromatic rings. The highest BCUT2D eigenvalue weighted by atomic mass is 35.5. The third kappa shape index (κ3) is 4.42. The molecule has 0 aliphatic heterocycles. The van der Waals surface area contributed by atoms with Crippen LogP contribution in [0.1, 0.15) is 23.2 Å². The Morgan fingerprint density at radius 3 is 2.67 bits per heavy atom. The summed E-state index contributed by atoms with van der Waals surface area (Å²) in [6.07, 6.45) is 0.623. The van der Waals surface area contributed by atoms with Gasteiger partial charge in [0.2, 0.25) is 0 Å². The first-order valence-electron chi connectivity index (χ1n) is 6.13. The number of nitro benzene ring substituents is 1. The zero-order chi connectivity index (χ0) is 16.0. The summed E-state index contributed by atoms with van der Waals surface area (Å²) in [6.45, 7) is 0.312. The quantitative estimate of drug-likeness (QED) is 0.456. The minimum absolute atomic E-state index is 0.0615. The largest absolute Gasteiger partial charge is 0.469 e. The molecule has 1 aromatic carbocycles. The Morgan fingerprint density at radius 2 is 2.10 bits per heavy atom. The summed E-state index contributed by atoms with van der Waals surface area (Å²) in [5, 5.41) is 10.6. The number of benzene rings is 1. The minimum Gasteiger partial charge on any atom is -0.469 e. The molecule has 1 amide bonds. The number of amides is 1. The molecule has 114 valence electrons. The summed E-state index contributed by atoms with van der Waals surface area (Å²) >= 11 is 5.89. The van der Waals surface area contributed by atoms with Gasteiger partial charge in [0.05, 0.1) is 17.6 Å². The van der Waals surface area contributed by atoms with E-state index in [-0.39, 0.29) is 28.7 Å². The lowest BCUT2D eigenvalue weighted by Crippen LogP contribution is -2.28. The number of carbonyl (C=O) groups excluding carboxylic acids is 2. The molecular formula is C13H15ClN2O5. The highest BCUT2D eigenvalue weighted by Gasteiger charge is 2.22. The van der Waals surface area contributed by atoms with Gasteiger partial charge in [-0.3, -0.25) is 19.7 Å². The first kappa shape index (κ1) is 16.9. The normalized spacial score (nSPS) is 10.0. The standard InChI is InChI=1S/C13H15ClN2O5/c1-15(8-4-7-11(17)21-2)13(18)9-5-3-6-10(12(9)14)16(19)20/h3,5-6H,4,7-8H2,1-2H3. The van der Waals surface area contributed by atoms with Gasteiger partial charge in [0.25, 0.3) is 11.6 Å². The topological polar surface area (TPSA) is 89.8 Å². The molecule has 8 heteroatoms. The van der Waals surface area contributed by atoms with Crippen LogP contribution in [0.5, 0.6) is 0 Å². The number of esters is 1. The van der Waals surface area contributed by atoms with Crippen molar-refractivity contribution in [2.45, 2.75) is 12.8 Å². The average Bonchev–Trinajstić information content (AvgIpc) is 2.46. The maximum Gasteiger partial charge on any atom is 0.305 e. The SMILES string of the molecule is COC(=O)CCCN(C)C(=O)c1cccc([N+](=O)[O-])c1Cl. The van der Waals surface area contributed by atoms with Crippen molar-refractivity contribution >= 4 is 29.2 Å². The number of halogens is 1. The molecule has 7 nitrogen and oxygen atoms in total. The van der Waals surface area contributed by atoms with Gasteiger partial charge in [-0.25, -0.2) is 0 Å². The van der Waals surface area contributed by atoms with E-state index in [1.807, 2.05) is 0 Å². The van der Waals surface area contributed by atoms with Crippen molar-refractivity contribution in [2.24, 2.45) is 0 Å². The lowest BCUT2D eigenvalue weighted by atomic mass is 10.1. The average molecular weight is 315 g/mol. The van der Waals surface area contributed by atoms with Crippen molar-refractivity contribution in [1.82, 2.24) is 4.90 Å². The van der Waals surface area contributed by atoms with Crippen LogP contribution in [0.2, 0.25) is 5.02 Å². The van der Waals surface area contributed by atoms with Crippen LogP contribution in [0.15, 0.2) is 18.2 Å². The van der Waals surface area contributed by atoms with Crippen LogP contribution in [0.25, 0.3) is 0 Å². The highest BCUT2D eigenvalue weighted by Crippen LogP contribution is 2.28. The van der Waals surface area contributed by atoms with E-state index in [1.54, 1.807) is 0 Å². The molecule has 0 saturated heterocycles. The summed E-state index contributed by atoms with van der Waals surface area (Å²) < 4.78 is 4.50. The zero-order valence-corrected chi connectivity index (χ0v) is 12.4. The minimum atomic E-state index is -0.642. The van der Waals surface area contributed by atoms with Gasteiger partial charge in [0, 0.05) is 26.1 Å². The van der Waals surface area contributed by atoms with Crippen LogP contribution < -0.4 is 0 Å². The molecule has 1 rings (SSSR count). The summed E-state index contributed by atoms with van der Waals surface area (Å²) in [7, 11) is 2.83. The van der Waals surface area contributed by atoms with Crippen molar-refractivity contribution in [1.29, 1.82) is 0 Å². The van der Waals surface area contributed by atoms with Gasteiger partial charge in [-0.1, -0.05) is 17.7 Å². The van der Waals surface area contributed by atoms with Crippen LogP contribution in [0, 0.1) is 10.1 Å². The van der Waals surface area contributed by atoms with Crippen LogP contribution in [0.3, 0.4) is 0 Å². The second kappa shape index (κ2) is 7.58. The molecule has 0 atom stereocenters. The molecule has 0 aromatic heterocycles. The Bertz CT molecular complexity index is 561. The summed E-state index contributed by atoms with van der Waals surface area (Å²) in [4.78, 5) is 34.7. The van der Waals surface area contributed by atoms with E-state index in [4.69, 9.17) is 11.6 Å².